The van der Waals surface area contributed by atoms with Gasteiger partial charge >= 0.3 is 6.03 Å². The second kappa shape index (κ2) is 7.19. The maximum absolute atomic E-state index is 11.8. The molecule has 0 saturated heterocycles. The van der Waals surface area contributed by atoms with Crippen LogP contribution in [0.25, 0.3) is 6.08 Å². The normalized spacial score (nSPS) is 12.4. The molecule has 23 heavy (non-hydrogen) atoms. The van der Waals surface area contributed by atoms with Gasteiger partial charge in [0, 0.05) is 17.2 Å². The van der Waals surface area contributed by atoms with E-state index in [-0.39, 0.29) is 12.8 Å². The molecular weight excluding hydrogens is 360 g/mol. The van der Waals surface area contributed by atoms with Crippen molar-refractivity contribution in [2.45, 2.75) is 6.54 Å². The molecule has 1 heterocycles. The topological polar surface area (TPSA) is 59.6 Å². The van der Waals surface area contributed by atoms with Gasteiger partial charge in [-0.25, -0.2) is 4.79 Å². The summed E-state index contributed by atoms with van der Waals surface area (Å²) in [6.45, 7) is 0.655. The van der Waals surface area contributed by atoms with E-state index in [1.165, 1.54) is 0 Å². The van der Waals surface area contributed by atoms with Crippen LogP contribution in [0.1, 0.15) is 11.1 Å². The molecule has 0 bridgehead atoms. The summed E-state index contributed by atoms with van der Waals surface area (Å²) in [5.74, 6) is 1.44. The molecule has 0 atom stereocenters. The zero-order valence-corrected chi connectivity index (χ0v) is 13.8. The molecule has 2 amide bonds. The maximum atomic E-state index is 11.8. The average Bonchev–Trinajstić information content (AvgIpc) is 3.02. The van der Waals surface area contributed by atoms with Crippen molar-refractivity contribution < 1.29 is 14.3 Å². The third-order valence-corrected chi connectivity index (χ3v) is 3.78. The number of benzene rings is 2. The second-order valence-electron chi connectivity index (χ2n) is 4.90. The SMILES string of the molecule is O=C(N/C=C/c1ccc(Br)cc1)NCc1ccc2c(c1)OCO2. The summed E-state index contributed by atoms with van der Waals surface area (Å²) >= 11 is 3.38. The highest BCUT2D eigenvalue weighted by molar-refractivity contribution is 9.10. The number of halogens is 1. The third-order valence-electron chi connectivity index (χ3n) is 3.25. The number of hydrogen-bond acceptors (Lipinski definition) is 3. The summed E-state index contributed by atoms with van der Waals surface area (Å²) < 4.78 is 11.6. The number of nitrogens with one attached hydrogen (secondary N) is 2. The van der Waals surface area contributed by atoms with Gasteiger partial charge in [-0.3, -0.25) is 0 Å². The molecular formula is C17H15BrN2O3. The monoisotopic (exact) mass is 374 g/mol. The Hall–Kier alpha value is -2.47. The Morgan fingerprint density at radius 2 is 1.91 bits per heavy atom. The average molecular weight is 375 g/mol. The van der Waals surface area contributed by atoms with Gasteiger partial charge in [-0.15, -0.1) is 0 Å². The van der Waals surface area contributed by atoms with Crippen LogP contribution in [0.4, 0.5) is 4.79 Å². The molecule has 0 spiro atoms. The number of hydrogen-bond donors (Lipinski definition) is 2. The van der Waals surface area contributed by atoms with Crippen LogP contribution in [0.15, 0.2) is 53.1 Å². The predicted octanol–water partition coefficient (Wildman–Crippen LogP) is 3.65. The van der Waals surface area contributed by atoms with Gasteiger partial charge in [0.1, 0.15) is 0 Å². The Balaban J connectivity index is 1.47. The highest BCUT2D eigenvalue weighted by atomic mass is 79.9. The van der Waals surface area contributed by atoms with Crippen LogP contribution in [0.5, 0.6) is 11.5 Å². The molecule has 2 aromatic carbocycles. The van der Waals surface area contributed by atoms with E-state index in [0.29, 0.717) is 12.3 Å². The Morgan fingerprint density at radius 3 is 2.74 bits per heavy atom. The van der Waals surface area contributed by atoms with Crippen molar-refractivity contribution in [2.24, 2.45) is 0 Å². The first-order chi connectivity index (χ1) is 11.2. The summed E-state index contributed by atoms with van der Waals surface area (Å²) in [7, 11) is 0. The Bertz CT molecular complexity index is 729. The van der Waals surface area contributed by atoms with Crippen molar-refractivity contribution in [1.82, 2.24) is 10.6 Å². The van der Waals surface area contributed by atoms with Crippen LogP contribution in [0.3, 0.4) is 0 Å². The molecule has 1 aliphatic heterocycles. The fourth-order valence-electron chi connectivity index (χ4n) is 2.07. The quantitative estimate of drug-likeness (QED) is 0.858. The molecule has 0 saturated carbocycles. The van der Waals surface area contributed by atoms with Crippen molar-refractivity contribution in [1.29, 1.82) is 0 Å². The van der Waals surface area contributed by atoms with E-state index < -0.39 is 0 Å². The van der Waals surface area contributed by atoms with Gasteiger partial charge in [-0.05, 0) is 41.5 Å². The molecule has 0 radical (unpaired) electrons. The van der Waals surface area contributed by atoms with Gasteiger partial charge in [-0.1, -0.05) is 34.1 Å². The number of fused-ring (bicyclic) bond motifs is 1. The Morgan fingerprint density at radius 1 is 1.13 bits per heavy atom. The fourth-order valence-corrected chi connectivity index (χ4v) is 2.34. The van der Waals surface area contributed by atoms with Crippen molar-refractivity contribution in [3.05, 3.63) is 64.3 Å². The number of carbonyl (C=O) groups excluding carboxylic acids is 1. The molecule has 0 unspecified atom stereocenters. The predicted molar refractivity (Wildman–Crippen MR) is 91.1 cm³/mol. The molecule has 118 valence electrons. The van der Waals surface area contributed by atoms with Crippen LogP contribution in [-0.4, -0.2) is 12.8 Å². The zero-order chi connectivity index (χ0) is 16.1. The lowest BCUT2D eigenvalue weighted by Gasteiger charge is -2.05. The third kappa shape index (κ3) is 4.26. The lowest BCUT2D eigenvalue weighted by Crippen LogP contribution is -2.31. The van der Waals surface area contributed by atoms with Gasteiger partial charge in [0.25, 0.3) is 0 Å². The first-order valence-electron chi connectivity index (χ1n) is 7.06. The number of urea groups is 1. The van der Waals surface area contributed by atoms with Crippen LogP contribution in [0.2, 0.25) is 0 Å². The molecule has 2 aromatic rings. The summed E-state index contributed by atoms with van der Waals surface area (Å²) in [6.07, 6.45) is 3.44. The van der Waals surface area contributed by atoms with Gasteiger partial charge in [-0.2, -0.15) is 0 Å². The largest absolute Gasteiger partial charge is 0.454 e. The molecule has 0 fully saturated rings. The number of ether oxygens (including phenoxy) is 2. The molecule has 2 N–H and O–H groups in total. The van der Waals surface area contributed by atoms with Crippen LogP contribution in [-0.2, 0) is 6.54 Å². The molecule has 0 aliphatic carbocycles. The molecule has 6 heteroatoms. The van der Waals surface area contributed by atoms with Crippen molar-refractivity contribution >= 4 is 28.0 Å². The van der Waals surface area contributed by atoms with E-state index in [4.69, 9.17) is 9.47 Å². The fraction of sp³-hybridized carbons (Fsp3) is 0.118. The lowest BCUT2D eigenvalue weighted by molar-refractivity contribution is 0.174. The Kier molecular flexibility index (Phi) is 4.83. The second-order valence-corrected chi connectivity index (χ2v) is 5.82. The van der Waals surface area contributed by atoms with Crippen LogP contribution in [0, 0.1) is 0 Å². The maximum Gasteiger partial charge on any atom is 0.319 e. The molecule has 1 aliphatic rings. The summed E-state index contributed by atoms with van der Waals surface area (Å²) in [4.78, 5) is 11.8. The first-order valence-corrected chi connectivity index (χ1v) is 7.85. The minimum atomic E-state index is -0.268. The van der Waals surface area contributed by atoms with E-state index in [1.807, 2.05) is 48.5 Å². The Labute approximate surface area is 142 Å². The van der Waals surface area contributed by atoms with E-state index in [1.54, 1.807) is 6.20 Å². The molecule has 5 nitrogen and oxygen atoms in total. The van der Waals surface area contributed by atoms with Crippen molar-refractivity contribution in [3.8, 4) is 11.5 Å². The first kappa shape index (κ1) is 15.4. The number of carbonyl (C=O) groups is 1. The van der Waals surface area contributed by atoms with Gasteiger partial charge in [0.2, 0.25) is 6.79 Å². The lowest BCUT2D eigenvalue weighted by atomic mass is 10.2. The van der Waals surface area contributed by atoms with Gasteiger partial charge < -0.3 is 20.1 Å². The van der Waals surface area contributed by atoms with Crippen LogP contribution >= 0.6 is 15.9 Å². The summed E-state index contributed by atoms with van der Waals surface area (Å²) in [6, 6.07) is 13.1. The van der Waals surface area contributed by atoms with Crippen molar-refractivity contribution in [2.75, 3.05) is 6.79 Å². The van der Waals surface area contributed by atoms with E-state index in [2.05, 4.69) is 26.6 Å². The zero-order valence-electron chi connectivity index (χ0n) is 12.2. The van der Waals surface area contributed by atoms with E-state index in [9.17, 15) is 4.79 Å². The van der Waals surface area contributed by atoms with Crippen LogP contribution < -0.4 is 20.1 Å². The summed E-state index contributed by atoms with van der Waals surface area (Å²) in [5.41, 5.74) is 1.95. The minimum absolute atomic E-state index is 0.244. The smallest absolute Gasteiger partial charge is 0.319 e. The molecule has 0 aromatic heterocycles. The molecule has 3 rings (SSSR count). The van der Waals surface area contributed by atoms with Gasteiger partial charge in [0.15, 0.2) is 11.5 Å². The van der Waals surface area contributed by atoms with Gasteiger partial charge in [0.05, 0.1) is 0 Å². The highest BCUT2D eigenvalue weighted by Crippen LogP contribution is 2.32. The van der Waals surface area contributed by atoms with Crippen molar-refractivity contribution in [3.63, 3.8) is 0 Å². The number of rotatable bonds is 4. The van der Waals surface area contributed by atoms with E-state index >= 15 is 0 Å². The minimum Gasteiger partial charge on any atom is -0.454 e. The summed E-state index contributed by atoms with van der Waals surface area (Å²) in [5, 5.41) is 5.45. The number of amides is 2. The highest BCUT2D eigenvalue weighted by Gasteiger charge is 2.13. The standard InChI is InChI=1S/C17H15BrN2O3/c18-14-4-1-12(2-5-14)7-8-19-17(21)20-10-13-3-6-15-16(9-13)23-11-22-15/h1-9H,10-11H2,(H2,19,20,21)/b8-7+. The van der Waals surface area contributed by atoms with E-state index in [0.717, 1.165) is 21.3 Å².